The highest BCUT2D eigenvalue weighted by atomic mass is 35.5. The van der Waals surface area contributed by atoms with Crippen LogP contribution in [-0.2, 0) is 0 Å². The third-order valence-electron chi connectivity index (χ3n) is 1.72. The van der Waals surface area contributed by atoms with Gasteiger partial charge in [-0.15, -0.1) is 0 Å². The molecule has 16 heavy (non-hydrogen) atoms. The van der Waals surface area contributed by atoms with Crippen LogP contribution in [0.2, 0.25) is 5.28 Å². The van der Waals surface area contributed by atoms with Crippen molar-refractivity contribution in [2.24, 2.45) is 5.41 Å². The number of nitrogens with zero attached hydrogens (tertiary/aromatic N) is 3. The van der Waals surface area contributed by atoms with Crippen LogP contribution in [0.1, 0.15) is 27.7 Å². The van der Waals surface area contributed by atoms with Gasteiger partial charge < -0.3 is 10.6 Å². The molecule has 0 amide bonds. The molecule has 0 spiro atoms. The smallest absolute Gasteiger partial charge is 0.228 e. The maximum absolute atomic E-state index is 5.79. The highest BCUT2D eigenvalue weighted by molar-refractivity contribution is 6.28. The summed E-state index contributed by atoms with van der Waals surface area (Å²) in [4.78, 5) is 12.2. The Morgan fingerprint density at radius 3 is 2.12 bits per heavy atom. The van der Waals surface area contributed by atoms with E-state index in [-0.39, 0.29) is 10.7 Å². The van der Waals surface area contributed by atoms with Crippen molar-refractivity contribution in [3.8, 4) is 0 Å². The van der Waals surface area contributed by atoms with Gasteiger partial charge in [0.05, 0.1) is 0 Å². The summed E-state index contributed by atoms with van der Waals surface area (Å²) in [5, 5.41) is 6.33. The summed E-state index contributed by atoms with van der Waals surface area (Å²) < 4.78 is 0. The van der Waals surface area contributed by atoms with Gasteiger partial charge in [-0.3, -0.25) is 0 Å². The molecule has 90 valence electrons. The standard InChI is InChI=1S/C10H18ClN5/c1-5-12-8-14-7(11)15-9(16-8)13-6-10(2,3)4/h5-6H2,1-4H3,(H2,12,13,14,15,16). The molecule has 1 aromatic rings. The van der Waals surface area contributed by atoms with Crippen molar-refractivity contribution in [1.82, 2.24) is 15.0 Å². The molecule has 0 fully saturated rings. The minimum atomic E-state index is 0.164. The summed E-state index contributed by atoms with van der Waals surface area (Å²) in [6, 6.07) is 0. The lowest BCUT2D eigenvalue weighted by Crippen LogP contribution is -2.20. The topological polar surface area (TPSA) is 62.7 Å². The lowest BCUT2D eigenvalue weighted by molar-refractivity contribution is 0.441. The summed E-state index contributed by atoms with van der Waals surface area (Å²) >= 11 is 5.79. The van der Waals surface area contributed by atoms with Crippen molar-refractivity contribution in [3.05, 3.63) is 5.28 Å². The zero-order valence-corrected chi connectivity index (χ0v) is 10.9. The first kappa shape index (κ1) is 13.0. The Hall–Kier alpha value is -1.10. The van der Waals surface area contributed by atoms with Gasteiger partial charge >= 0.3 is 0 Å². The molecule has 0 aliphatic heterocycles. The first-order valence-corrected chi connectivity index (χ1v) is 5.68. The Kier molecular flexibility index (Phi) is 4.29. The van der Waals surface area contributed by atoms with Gasteiger partial charge in [0.25, 0.3) is 0 Å². The molecule has 1 rings (SSSR count). The molecule has 0 saturated carbocycles. The quantitative estimate of drug-likeness (QED) is 0.851. The number of anilines is 2. The summed E-state index contributed by atoms with van der Waals surface area (Å²) in [5.41, 5.74) is 0.164. The van der Waals surface area contributed by atoms with E-state index in [2.05, 4.69) is 46.4 Å². The molecule has 0 bridgehead atoms. The zero-order valence-electron chi connectivity index (χ0n) is 10.1. The fraction of sp³-hybridized carbons (Fsp3) is 0.700. The van der Waals surface area contributed by atoms with Gasteiger partial charge in [-0.2, -0.15) is 15.0 Å². The predicted octanol–water partition coefficient (Wildman–Crippen LogP) is 2.41. The minimum Gasteiger partial charge on any atom is -0.354 e. The summed E-state index contributed by atoms with van der Waals surface area (Å²) in [6.07, 6.45) is 0. The maximum atomic E-state index is 5.79. The van der Waals surface area contributed by atoms with Gasteiger partial charge in [-0.05, 0) is 23.9 Å². The van der Waals surface area contributed by atoms with Gasteiger partial charge in [-0.1, -0.05) is 20.8 Å². The second kappa shape index (κ2) is 5.30. The molecule has 2 N–H and O–H groups in total. The summed E-state index contributed by atoms with van der Waals surface area (Å²) in [5.74, 6) is 1.00. The molecule has 0 aliphatic rings. The van der Waals surface area contributed by atoms with Crippen LogP contribution in [0.5, 0.6) is 0 Å². The minimum absolute atomic E-state index is 0.164. The van der Waals surface area contributed by atoms with E-state index in [1.54, 1.807) is 0 Å². The fourth-order valence-corrected chi connectivity index (χ4v) is 1.17. The molecule has 5 nitrogen and oxygen atoms in total. The maximum Gasteiger partial charge on any atom is 0.228 e. The molecule has 1 heterocycles. The van der Waals surface area contributed by atoms with E-state index in [1.165, 1.54) is 0 Å². The number of hydrogen-bond acceptors (Lipinski definition) is 5. The number of nitrogens with one attached hydrogen (secondary N) is 2. The van der Waals surface area contributed by atoms with E-state index in [1.807, 2.05) is 6.92 Å². The van der Waals surface area contributed by atoms with Crippen molar-refractivity contribution in [2.75, 3.05) is 23.7 Å². The molecular formula is C10H18ClN5. The van der Waals surface area contributed by atoms with Crippen LogP contribution in [0.4, 0.5) is 11.9 Å². The number of rotatable bonds is 4. The van der Waals surface area contributed by atoms with Gasteiger partial charge in [0.2, 0.25) is 17.2 Å². The first-order valence-electron chi connectivity index (χ1n) is 5.30. The van der Waals surface area contributed by atoms with Crippen LogP contribution >= 0.6 is 11.6 Å². The third-order valence-corrected chi connectivity index (χ3v) is 1.89. The second-order valence-corrected chi connectivity index (χ2v) is 5.03. The van der Waals surface area contributed by atoms with Crippen molar-refractivity contribution < 1.29 is 0 Å². The van der Waals surface area contributed by atoms with Gasteiger partial charge in [0, 0.05) is 13.1 Å². The second-order valence-electron chi connectivity index (χ2n) is 4.70. The Morgan fingerprint density at radius 2 is 1.62 bits per heavy atom. The lowest BCUT2D eigenvalue weighted by atomic mass is 9.97. The van der Waals surface area contributed by atoms with Gasteiger partial charge in [0.1, 0.15) is 0 Å². The SMILES string of the molecule is CCNc1nc(Cl)nc(NCC(C)(C)C)n1. The van der Waals surface area contributed by atoms with Crippen LogP contribution in [0.25, 0.3) is 0 Å². The molecule has 1 aromatic heterocycles. The number of halogens is 1. The number of aromatic nitrogens is 3. The van der Waals surface area contributed by atoms with E-state index < -0.39 is 0 Å². The van der Waals surface area contributed by atoms with Gasteiger partial charge in [0.15, 0.2) is 0 Å². The van der Waals surface area contributed by atoms with Crippen LogP contribution in [-0.4, -0.2) is 28.0 Å². The van der Waals surface area contributed by atoms with E-state index >= 15 is 0 Å². The zero-order chi connectivity index (χ0) is 12.2. The molecule has 0 saturated heterocycles. The van der Waals surface area contributed by atoms with Crippen LogP contribution < -0.4 is 10.6 Å². The molecule has 0 aliphatic carbocycles. The highest BCUT2D eigenvalue weighted by Gasteiger charge is 2.11. The Bertz CT molecular complexity index is 348. The van der Waals surface area contributed by atoms with E-state index in [9.17, 15) is 0 Å². The fourth-order valence-electron chi connectivity index (χ4n) is 1.01. The van der Waals surface area contributed by atoms with Crippen molar-refractivity contribution in [2.45, 2.75) is 27.7 Å². The Labute approximate surface area is 101 Å². The average molecular weight is 244 g/mol. The number of hydrogen-bond donors (Lipinski definition) is 2. The highest BCUT2D eigenvalue weighted by Crippen LogP contribution is 2.15. The monoisotopic (exact) mass is 243 g/mol. The largest absolute Gasteiger partial charge is 0.354 e. The summed E-state index contributed by atoms with van der Waals surface area (Å²) in [7, 11) is 0. The molecule has 0 radical (unpaired) electrons. The van der Waals surface area contributed by atoms with Crippen LogP contribution in [0.15, 0.2) is 0 Å². The van der Waals surface area contributed by atoms with Crippen molar-refractivity contribution in [3.63, 3.8) is 0 Å². The third kappa shape index (κ3) is 4.61. The Balaban J connectivity index is 2.72. The van der Waals surface area contributed by atoms with Crippen molar-refractivity contribution >= 4 is 23.5 Å². The molecular weight excluding hydrogens is 226 g/mol. The summed E-state index contributed by atoms with van der Waals surface area (Å²) in [6.45, 7) is 9.90. The predicted molar refractivity (Wildman–Crippen MR) is 66.9 cm³/mol. The van der Waals surface area contributed by atoms with E-state index in [0.29, 0.717) is 11.9 Å². The van der Waals surface area contributed by atoms with E-state index in [4.69, 9.17) is 11.6 Å². The average Bonchev–Trinajstić information content (AvgIpc) is 2.13. The first-order chi connectivity index (χ1) is 7.40. The molecule has 0 aromatic carbocycles. The lowest BCUT2D eigenvalue weighted by Gasteiger charge is -2.18. The molecule has 0 atom stereocenters. The van der Waals surface area contributed by atoms with E-state index in [0.717, 1.165) is 13.1 Å². The van der Waals surface area contributed by atoms with Crippen LogP contribution in [0.3, 0.4) is 0 Å². The van der Waals surface area contributed by atoms with Crippen LogP contribution in [0, 0.1) is 5.41 Å². The molecule has 0 unspecified atom stereocenters. The normalized spacial score (nSPS) is 11.3. The molecule has 6 heteroatoms. The Morgan fingerprint density at radius 1 is 1.06 bits per heavy atom. The van der Waals surface area contributed by atoms with Gasteiger partial charge in [-0.25, -0.2) is 0 Å². The van der Waals surface area contributed by atoms with Crippen molar-refractivity contribution in [1.29, 1.82) is 0 Å².